The smallest absolute Gasteiger partial charge is 0.319 e. The Hall–Kier alpha value is -1.35. The Balaban J connectivity index is 2.59. The number of oxime groups is 1. The van der Waals surface area contributed by atoms with Gasteiger partial charge in [0, 0.05) is 11.9 Å². The van der Waals surface area contributed by atoms with Crippen molar-refractivity contribution in [2.24, 2.45) is 5.16 Å². The molecule has 0 aromatic heterocycles. The number of hydrogen-bond donors (Lipinski definition) is 0. The second kappa shape index (κ2) is 4.62. The molecule has 0 heterocycles. The van der Waals surface area contributed by atoms with Crippen LogP contribution in [0.25, 0.3) is 0 Å². The fourth-order valence-corrected chi connectivity index (χ4v) is 0.836. The van der Waals surface area contributed by atoms with Gasteiger partial charge in [0.15, 0.2) is 0 Å². The molecule has 0 unspecified atom stereocenters. The van der Waals surface area contributed by atoms with Crippen molar-refractivity contribution in [3.05, 3.63) is 34.9 Å². The van der Waals surface area contributed by atoms with Crippen LogP contribution < -0.4 is 0 Å². The van der Waals surface area contributed by atoms with Crippen LogP contribution in [-0.2, 0) is 9.63 Å². The van der Waals surface area contributed by atoms with E-state index in [4.69, 9.17) is 11.6 Å². The lowest BCUT2D eigenvalue weighted by Crippen LogP contribution is -1.91. The molecule has 0 N–H and O–H groups in total. The third kappa shape index (κ3) is 3.71. The summed E-state index contributed by atoms with van der Waals surface area (Å²) in [5.74, 6) is -0.440. The molecule has 0 fully saturated rings. The van der Waals surface area contributed by atoms with Crippen LogP contribution in [0.4, 0.5) is 0 Å². The zero-order chi connectivity index (χ0) is 9.68. The zero-order valence-electron chi connectivity index (χ0n) is 7.03. The van der Waals surface area contributed by atoms with Crippen LogP contribution in [0, 0.1) is 0 Å². The summed E-state index contributed by atoms with van der Waals surface area (Å²) in [4.78, 5) is 14.7. The van der Waals surface area contributed by atoms with Crippen molar-refractivity contribution in [1.82, 2.24) is 0 Å². The molecule has 3 nitrogen and oxygen atoms in total. The molecule has 0 bridgehead atoms. The highest BCUT2D eigenvalue weighted by Crippen LogP contribution is 2.07. The minimum absolute atomic E-state index is 0.440. The van der Waals surface area contributed by atoms with Gasteiger partial charge in [0.1, 0.15) is 0 Å². The van der Waals surface area contributed by atoms with E-state index in [-0.39, 0.29) is 0 Å². The lowest BCUT2D eigenvalue weighted by atomic mass is 10.2. The third-order valence-corrected chi connectivity index (χ3v) is 1.51. The van der Waals surface area contributed by atoms with Crippen molar-refractivity contribution in [2.45, 2.75) is 6.92 Å². The molecule has 0 aliphatic rings. The van der Waals surface area contributed by atoms with Crippen LogP contribution in [0.3, 0.4) is 0 Å². The highest BCUT2D eigenvalue weighted by molar-refractivity contribution is 6.30. The number of hydrogen-bond acceptors (Lipinski definition) is 3. The van der Waals surface area contributed by atoms with Crippen molar-refractivity contribution >= 4 is 23.8 Å². The largest absolute Gasteiger partial charge is 0.331 e. The van der Waals surface area contributed by atoms with Crippen molar-refractivity contribution in [3.8, 4) is 0 Å². The molecule has 1 rings (SSSR count). The molecule has 0 amide bonds. The normalized spacial score (nSPS) is 10.3. The summed E-state index contributed by atoms with van der Waals surface area (Å²) < 4.78 is 0. The first kappa shape index (κ1) is 9.74. The van der Waals surface area contributed by atoms with Crippen LogP contribution in [0.1, 0.15) is 12.5 Å². The van der Waals surface area contributed by atoms with Gasteiger partial charge in [0.25, 0.3) is 0 Å². The Bertz CT molecular complexity index is 319. The molecular weight excluding hydrogens is 190 g/mol. The monoisotopic (exact) mass is 197 g/mol. The van der Waals surface area contributed by atoms with E-state index in [1.807, 2.05) is 0 Å². The molecule has 4 heteroatoms. The molecule has 0 atom stereocenters. The van der Waals surface area contributed by atoms with Crippen molar-refractivity contribution in [3.63, 3.8) is 0 Å². The van der Waals surface area contributed by atoms with Gasteiger partial charge in [-0.15, -0.1) is 0 Å². The molecular formula is C9H8ClNO2. The second-order valence-electron chi connectivity index (χ2n) is 2.37. The van der Waals surface area contributed by atoms with Gasteiger partial charge >= 0.3 is 5.97 Å². The van der Waals surface area contributed by atoms with Crippen molar-refractivity contribution in [2.75, 3.05) is 0 Å². The minimum Gasteiger partial charge on any atom is -0.319 e. The highest BCUT2D eigenvalue weighted by Gasteiger charge is 1.90. The quantitative estimate of drug-likeness (QED) is 0.414. The maximum Gasteiger partial charge on any atom is 0.331 e. The molecule has 0 radical (unpaired) electrons. The Labute approximate surface area is 81.0 Å². The first-order valence-electron chi connectivity index (χ1n) is 3.65. The van der Waals surface area contributed by atoms with Gasteiger partial charge in [-0.25, -0.2) is 4.79 Å². The fraction of sp³-hybridized carbons (Fsp3) is 0.111. The predicted octanol–water partition coefficient (Wildman–Crippen LogP) is 2.24. The number of nitrogens with zero attached hydrogens (tertiary/aromatic N) is 1. The summed E-state index contributed by atoms with van der Waals surface area (Å²) in [6, 6.07) is 7.01. The molecule has 0 aliphatic carbocycles. The maximum atomic E-state index is 10.3. The molecule has 1 aromatic carbocycles. The molecule has 13 heavy (non-hydrogen) atoms. The SMILES string of the molecule is CC(=O)O/N=C/c1ccc(Cl)cc1. The number of carbonyl (C=O) groups excluding carboxylic acids is 1. The Kier molecular flexibility index (Phi) is 3.46. The molecule has 0 saturated heterocycles. The molecule has 0 aliphatic heterocycles. The van der Waals surface area contributed by atoms with Gasteiger partial charge in [0.05, 0.1) is 6.21 Å². The molecule has 0 saturated carbocycles. The number of benzene rings is 1. The minimum atomic E-state index is -0.440. The zero-order valence-corrected chi connectivity index (χ0v) is 7.78. The van der Waals surface area contributed by atoms with E-state index in [9.17, 15) is 4.79 Å². The molecule has 68 valence electrons. The lowest BCUT2D eigenvalue weighted by molar-refractivity contribution is -0.140. The van der Waals surface area contributed by atoms with Crippen LogP contribution >= 0.6 is 11.6 Å². The van der Waals surface area contributed by atoms with Crippen molar-refractivity contribution < 1.29 is 9.63 Å². The number of halogens is 1. The first-order chi connectivity index (χ1) is 6.18. The predicted molar refractivity (Wildman–Crippen MR) is 50.8 cm³/mol. The number of rotatable bonds is 2. The Morgan fingerprint density at radius 3 is 2.62 bits per heavy atom. The van der Waals surface area contributed by atoms with Crippen LogP contribution in [0.5, 0.6) is 0 Å². The number of carbonyl (C=O) groups is 1. The summed E-state index contributed by atoms with van der Waals surface area (Å²) in [6.07, 6.45) is 1.44. The van der Waals surface area contributed by atoms with Gasteiger partial charge < -0.3 is 4.84 Å². The topological polar surface area (TPSA) is 38.7 Å². The average molecular weight is 198 g/mol. The van der Waals surface area contributed by atoms with Gasteiger partial charge in [0.2, 0.25) is 0 Å². The van der Waals surface area contributed by atoms with Gasteiger partial charge in [-0.2, -0.15) is 0 Å². The van der Waals surface area contributed by atoms with Crippen LogP contribution in [0.2, 0.25) is 5.02 Å². The third-order valence-electron chi connectivity index (χ3n) is 1.25. The van der Waals surface area contributed by atoms with E-state index in [0.717, 1.165) is 5.56 Å². The maximum absolute atomic E-state index is 10.3. The summed E-state index contributed by atoms with van der Waals surface area (Å²) in [5.41, 5.74) is 0.825. The molecule has 0 spiro atoms. The Morgan fingerprint density at radius 2 is 2.08 bits per heavy atom. The van der Waals surface area contributed by atoms with E-state index in [1.54, 1.807) is 24.3 Å². The highest BCUT2D eigenvalue weighted by atomic mass is 35.5. The summed E-state index contributed by atoms with van der Waals surface area (Å²) in [7, 11) is 0. The fourth-order valence-electron chi connectivity index (χ4n) is 0.710. The first-order valence-corrected chi connectivity index (χ1v) is 4.03. The van der Waals surface area contributed by atoms with E-state index >= 15 is 0 Å². The lowest BCUT2D eigenvalue weighted by Gasteiger charge is -1.92. The van der Waals surface area contributed by atoms with Gasteiger partial charge in [-0.1, -0.05) is 28.9 Å². The van der Waals surface area contributed by atoms with Crippen molar-refractivity contribution in [1.29, 1.82) is 0 Å². The summed E-state index contributed by atoms with van der Waals surface area (Å²) >= 11 is 5.67. The average Bonchev–Trinajstić information content (AvgIpc) is 2.08. The Morgan fingerprint density at radius 1 is 1.46 bits per heavy atom. The van der Waals surface area contributed by atoms with Crippen LogP contribution in [0.15, 0.2) is 29.4 Å². The van der Waals surface area contributed by atoms with Gasteiger partial charge in [-0.3, -0.25) is 0 Å². The standard InChI is InChI=1S/C9H8ClNO2/c1-7(12)13-11-6-8-2-4-9(10)5-3-8/h2-6H,1H3/b11-6+. The van der Waals surface area contributed by atoms with Gasteiger partial charge in [-0.05, 0) is 17.7 Å². The van der Waals surface area contributed by atoms with E-state index in [0.29, 0.717) is 5.02 Å². The van der Waals surface area contributed by atoms with E-state index < -0.39 is 5.97 Å². The van der Waals surface area contributed by atoms with E-state index in [1.165, 1.54) is 13.1 Å². The van der Waals surface area contributed by atoms with Crippen LogP contribution in [-0.4, -0.2) is 12.2 Å². The summed E-state index contributed by atoms with van der Waals surface area (Å²) in [6.45, 7) is 1.29. The molecule has 1 aromatic rings. The summed E-state index contributed by atoms with van der Waals surface area (Å²) in [5, 5.41) is 4.11. The second-order valence-corrected chi connectivity index (χ2v) is 2.81. The van der Waals surface area contributed by atoms with E-state index in [2.05, 4.69) is 9.99 Å².